The van der Waals surface area contributed by atoms with Crippen LogP contribution in [-0.2, 0) is 19.4 Å². The number of aryl methyl sites for hydroxylation is 3. The first-order valence-corrected chi connectivity index (χ1v) is 4.94. The molecule has 0 aliphatic heterocycles. The van der Waals surface area contributed by atoms with Crippen molar-refractivity contribution in [1.82, 2.24) is 14.8 Å². The Morgan fingerprint density at radius 1 is 1.31 bits per heavy atom. The van der Waals surface area contributed by atoms with Crippen LogP contribution < -0.4 is 5.73 Å². The SMILES string of the molecule is CCc1nc(CC)n(CCCN)n1. The first kappa shape index (κ1) is 10.2. The average molecular weight is 182 g/mol. The zero-order valence-electron chi connectivity index (χ0n) is 8.45. The molecule has 0 spiro atoms. The third-order valence-corrected chi connectivity index (χ3v) is 2.00. The van der Waals surface area contributed by atoms with E-state index in [-0.39, 0.29) is 0 Å². The Balaban J connectivity index is 2.71. The lowest BCUT2D eigenvalue weighted by Crippen LogP contribution is -2.09. The van der Waals surface area contributed by atoms with E-state index in [0.717, 1.165) is 37.5 Å². The summed E-state index contributed by atoms with van der Waals surface area (Å²) >= 11 is 0. The van der Waals surface area contributed by atoms with Gasteiger partial charge < -0.3 is 5.73 Å². The van der Waals surface area contributed by atoms with Gasteiger partial charge >= 0.3 is 0 Å². The van der Waals surface area contributed by atoms with Gasteiger partial charge in [0, 0.05) is 19.4 Å². The second-order valence-corrected chi connectivity index (χ2v) is 3.02. The van der Waals surface area contributed by atoms with Crippen molar-refractivity contribution in [3.05, 3.63) is 11.6 Å². The number of nitrogens with zero attached hydrogens (tertiary/aromatic N) is 3. The minimum absolute atomic E-state index is 0.713. The molecule has 2 N–H and O–H groups in total. The maximum atomic E-state index is 5.45. The predicted molar refractivity (Wildman–Crippen MR) is 52.4 cm³/mol. The van der Waals surface area contributed by atoms with E-state index in [9.17, 15) is 0 Å². The Labute approximate surface area is 79.2 Å². The molecule has 0 amide bonds. The van der Waals surface area contributed by atoms with E-state index in [2.05, 4.69) is 23.9 Å². The number of aromatic nitrogens is 3. The van der Waals surface area contributed by atoms with E-state index in [0.29, 0.717) is 6.54 Å². The molecular formula is C9H18N4. The van der Waals surface area contributed by atoms with Crippen LogP contribution in [-0.4, -0.2) is 21.3 Å². The fourth-order valence-electron chi connectivity index (χ4n) is 1.26. The van der Waals surface area contributed by atoms with Gasteiger partial charge in [-0.05, 0) is 13.0 Å². The minimum atomic E-state index is 0.713. The molecule has 0 bridgehead atoms. The van der Waals surface area contributed by atoms with Crippen LogP contribution in [0.2, 0.25) is 0 Å². The van der Waals surface area contributed by atoms with Crippen molar-refractivity contribution < 1.29 is 0 Å². The van der Waals surface area contributed by atoms with Crippen LogP contribution in [0.1, 0.15) is 31.9 Å². The number of rotatable bonds is 5. The molecule has 4 nitrogen and oxygen atoms in total. The van der Waals surface area contributed by atoms with Crippen LogP contribution in [0.4, 0.5) is 0 Å². The Morgan fingerprint density at radius 3 is 2.62 bits per heavy atom. The maximum absolute atomic E-state index is 5.45. The zero-order chi connectivity index (χ0) is 9.68. The summed E-state index contributed by atoms with van der Waals surface area (Å²) in [6.45, 7) is 5.78. The molecule has 0 fully saturated rings. The van der Waals surface area contributed by atoms with Crippen LogP contribution in [0.3, 0.4) is 0 Å². The van der Waals surface area contributed by atoms with Crippen molar-refractivity contribution >= 4 is 0 Å². The van der Waals surface area contributed by atoms with Crippen molar-refractivity contribution in [3.63, 3.8) is 0 Å². The fourth-order valence-corrected chi connectivity index (χ4v) is 1.26. The van der Waals surface area contributed by atoms with Gasteiger partial charge in [-0.2, -0.15) is 5.10 Å². The highest BCUT2D eigenvalue weighted by Gasteiger charge is 2.05. The highest BCUT2D eigenvalue weighted by atomic mass is 15.3. The molecule has 1 aromatic heterocycles. The zero-order valence-corrected chi connectivity index (χ0v) is 8.45. The van der Waals surface area contributed by atoms with Gasteiger partial charge in [0.1, 0.15) is 5.82 Å². The monoisotopic (exact) mass is 182 g/mol. The molecule has 1 rings (SSSR count). The fraction of sp³-hybridized carbons (Fsp3) is 0.778. The lowest BCUT2D eigenvalue weighted by molar-refractivity contribution is 0.555. The Morgan fingerprint density at radius 2 is 2.08 bits per heavy atom. The Kier molecular flexibility index (Phi) is 3.89. The van der Waals surface area contributed by atoms with E-state index < -0.39 is 0 Å². The van der Waals surface area contributed by atoms with Crippen LogP contribution in [0.15, 0.2) is 0 Å². The maximum Gasteiger partial charge on any atom is 0.150 e. The molecule has 1 heterocycles. The third kappa shape index (κ3) is 2.52. The van der Waals surface area contributed by atoms with Crippen molar-refractivity contribution in [3.8, 4) is 0 Å². The van der Waals surface area contributed by atoms with Gasteiger partial charge in [0.2, 0.25) is 0 Å². The van der Waals surface area contributed by atoms with Crippen molar-refractivity contribution in [2.75, 3.05) is 6.54 Å². The van der Waals surface area contributed by atoms with E-state index >= 15 is 0 Å². The smallest absolute Gasteiger partial charge is 0.150 e. The normalized spacial score (nSPS) is 10.7. The molecule has 0 aliphatic rings. The van der Waals surface area contributed by atoms with Gasteiger partial charge in [-0.15, -0.1) is 0 Å². The van der Waals surface area contributed by atoms with Crippen molar-refractivity contribution in [2.45, 2.75) is 39.7 Å². The van der Waals surface area contributed by atoms with Gasteiger partial charge in [-0.3, -0.25) is 0 Å². The lowest BCUT2D eigenvalue weighted by atomic mass is 10.4. The van der Waals surface area contributed by atoms with Gasteiger partial charge in [-0.1, -0.05) is 13.8 Å². The van der Waals surface area contributed by atoms with Crippen molar-refractivity contribution in [1.29, 1.82) is 0 Å². The topological polar surface area (TPSA) is 56.7 Å². The molecule has 0 unspecified atom stereocenters. The molecule has 0 atom stereocenters. The third-order valence-electron chi connectivity index (χ3n) is 2.00. The molecule has 0 saturated carbocycles. The second kappa shape index (κ2) is 4.97. The molecule has 1 aromatic rings. The van der Waals surface area contributed by atoms with E-state index in [4.69, 9.17) is 5.73 Å². The average Bonchev–Trinajstić information content (AvgIpc) is 2.57. The van der Waals surface area contributed by atoms with Gasteiger partial charge in [0.05, 0.1) is 0 Å². The molecule has 13 heavy (non-hydrogen) atoms. The molecule has 0 aromatic carbocycles. The lowest BCUT2D eigenvalue weighted by Gasteiger charge is -2.01. The summed E-state index contributed by atoms with van der Waals surface area (Å²) in [5.41, 5.74) is 5.45. The van der Waals surface area contributed by atoms with Gasteiger partial charge in [0.25, 0.3) is 0 Å². The molecule has 4 heteroatoms. The standard InChI is InChI=1S/C9H18N4/c1-3-8-11-9(4-2)13(12-8)7-5-6-10/h3-7,10H2,1-2H3. The molecule has 0 radical (unpaired) electrons. The van der Waals surface area contributed by atoms with E-state index in [1.165, 1.54) is 0 Å². The first-order valence-electron chi connectivity index (χ1n) is 4.94. The summed E-state index contributed by atoms with van der Waals surface area (Å²) in [5.74, 6) is 2.01. The van der Waals surface area contributed by atoms with Crippen LogP contribution in [0.25, 0.3) is 0 Å². The summed E-state index contributed by atoms with van der Waals surface area (Å²) in [4.78, 5) is 4.41. The summed E-state index contributed by atoms with van der Waals surface area (Å²) < 4.78 is 1.98. The highest BCUT2D eigenvalue weighted by Crippen LogP contribution is 2.01. The number of hydrogen-bond acceptors (Lipinski definition) is 3. The number of hydrogen-bond donors (Lipinski definition) is 1. The van der Waals surface area contributed by atoms with E-state index in [1.807, 2.05) is 4.68 Å². The number of nitrogens with two attached hydrogens (primary N) is 1. The summed E-state index contributed by atoms with van der Waals surface area (Å²) in [6, 6.07) is 0. The molecule has 74 valence electrons. The second-order valence-electron chi connectivity index (χ2n) is 3.02. The largest absolute Gasteiger partial charge is 0.330 e. The van der Waals surface area contributed by atoms with Crippen LogP contribution in [0.5, 0.6) is 0 Å². The predicted octanol–water partition coefficient (Wildman–Crippen LogP) is 0.752. The summed E-state index contributed by atoms with van der Waals surface area (Å²) in [6.07, 6.45) is 2.82. The van der Waals surface area contributed by atoms with Crippen LogP contribution >= 0.6 is 0 Å². The van der Waals surface area contributed by atoms with Crippen molar-refractivity contribution in [2.24, 2.45) is 5.73 Å². The van der Waals surface area contributed by atoms with Gasteiger partial charge in [-0.25, -0.2) is 9.67 Å². The van der Waals surface area contributed by atoms with E-state index in [1.54, 1.807) is 0 Å². The first-order chi connectivity index (χ1) is 6.31. The minimum Gasteiger partial charge on any atom is -0.330 e. The Bertz CT molecular complexity index is 254. The quantitative estimate of drug-likeness (QED) is 0.731. The van der Waals surface area contributed by atoms with Crippen LogP contribution in [0, 0.1) is 0 Å². The molecular weight excluding hydrogens is 164 g/mol. The molecule has 0 saturated heterocycles. The molecule has 0 aliphatic carbocycles. The highest BCUT2D eigenvalue weighted by molar-refractivity contribution is 4.92. The van der Waals surface area contributed by atoms with Gasteiger partial charge in [0.15, 0.2) is 5.82 Å². The summed E-state index contributed by atoms with van der Waals surface area (Å²) in [5, 5.41) is 4.39. The summed E-state index contributed by atoms with van der Waals surface area (Å²) in [7, 11) is 0. The Hall–Kier alpha value is -0.900.